The lowest BCUT2D eigenvalue weighted by molar-refractivity contribution is -0.144. The fourth-order valence-electron chi connectivity index (χ4n) is 4.25. The number of carbonyl (C=O) groups excluding carboxylic acids is 1. The highest BCUT2D eigenvalue weighted by atomic mass is 35.5. The fraction of sp³-hybridized carbons (Fsp3) is 0.333. The third kappa shape index (κ3) is 5.22. The summed E-state index contributed by atoms with van der Waals surface area (Å²) in [5, 5.41) is 0.150. The van der Waals surface area contributed by atoms with Crippen LogP contribution in [0.2, 0.25) is 10.0 Å². The largest absolute Gasteiger partial charge is 0.487 e. The summed E-state index contributed by atoms with van der Waals surface area (Å²) in [6, 6.07) is 7.14. The summed E-state index contributed by atoms with van der Waals surface area (Å²) in [6.07, 6.45) is -3.77. The Balaban J connectivity index is 1.67. The molecule has 0 spiro atoms. The van der Waals surface area contributed by atoms with E-state index in [9.17, 15) is 26.4 Å². The molecule has 198 valence electrons. The molecule has 1 atom stereocenters. The van der Waals surface area contributed by atoms with Gasteiger partial charge in [0.15, 0.2) is 0 Å². The van der Waals surface area contributed by atoms with Crippen LogP contribution >= 0.6 is 23.2 Å². The van der Waals surface area contributed by atoms with Crippen molar-refractivity contribution < 1.29 is 35.9 Å². The smallest absolute Gasteiger partial charge is 0.418 e. The topological polar surface area (TPSA) is 85.8 Å². The number of para-hydroxylation sites is 1. The van der Waals surface area contributed by atoms with Crippen molar-refractivity contribution in [3.05, 3.63) is 63.3 Å². The van der Waals surface area contributed by atoms with E-state index in [1.54, 1.807) is 0 Å². The molecule has 0 N–H and O–H groups in total. The maximum atomic E-state index is 13.4. The number of nitrogens with zero attached hydrogens (tertiary/aromatic N) is 2. The van der Waals surface area contributed by atoms with Gasteiger partial charge in [-0.2, -0.15) is 17.5 Å². The summed E-state index contributed by atoms with van der Waals surface area (Å²) >= 11 is 12.8. The molecular weight excluding hydrogens is 556 g/mol. The van der Waals surface area contributed by atoms with Crippen LogP contribution in [-0.2, 0) is 32.3 Å². The highest BCUT2D eigenvalue weighted by Crippen LogP contribution is 2.38. The van der Waals surface area contributed by atoms with E-state index in [1.807, 2.05) is 0 Å². The molecule has 0 radical (unpaired) electrons. The van der Waals surface area contributed by atoms with Crippen molar-refractivity contribution in [1.29, 1.82) is 0 Å². The minimum absolute atomic E-state index is 0.119. The quantitative estimate of drug-likeness (QED) is 0.346. The van der Waals surface area contributed by atoms with Crippen LogP contribution in [0.3, 0.4) is 0 Å². The van der Waals surface area contributed by atoms with Crippen molar-refractivity contribution in [2.45, 2.75) is 43.5 Å². The Kier molecular flexibility index (Phi) is 7.62. The second-order valence-corrected chi connectivity index (χ2v) is 11.0. The molecule has 1 fully saturated rings. The number of aromatic nitrogens is 1. The van der Waals surface area contributed by atoms with Crippen LogP contribution in [0.4, 0.5) is 13.2 Å². The number of hydrogen-bond acceptors (Lipinski definition) is 6. The van der Waals surface area contributed by atoms with Crippen LogP contribution in [-0.4, -0.2) is 43.4 Å². The first-order chi connectivity index (χ1) is 17.4. The number of fused-ring (bicyclic) bond motifs is 1. The molecule has 1 saturated heterocycles. The highest BCUT2D eigenvalue weighted by molar-refractivity contribution is 7.89. The van der Waals surface area contributed by atoms with Gasteiger partial charge in [-0.05, 0) is 44.0 Å². The number of esters is 1. The number of halogens is 5. The predicted molar refractivity (Wildman–Crippen MR) is 131 cm³/mol. The Bertz CT molecular complexity index is 1480. The third-order valence-electron chi connectivity index (χ3n) is 6.09. The minimum atomic E-state index is -4.56. The summed E-state index contributed by atoms with van der Waals surface area (Å²) in [4.78, 5) is 15.9. The van der Waals surface area contributed by atoms with Gasteiger partial charge in [-0.3, -0.25) is 4.79 Å². The molecule has 7 nitrogen and oxygen atoms in total. The Morgan fingerprint density at radius 3 is 2.62 bits per heavy atom. The van der Waals surface area contributed by atoms with Gasteiger partial charge in [0.25, 0.3) is 0 Å². The third-order valence-corrected chi connectivity index (χ3v) is 8.94. The number of alkyl halides is 3. The summed E-state index contributed by atoms with van der Waals surface area (Å²) < 4.78 is 78.3. The zero-order valence-electron chi connectivity index (χ0n) is 19.6. The molecule has 4 rings (SSSR count). The second-order valence-electron chi connectivity index (χ2n) is 8.37. The van der Waals surface area contributed by atoms with Crippen molar-refractivity contribution in [3.8, 4) is 5.75 Å². The molecule has 0 saturated carbocycles. The lowest BCUT2D eigenvalue weighted by Crippen LogP contribution is -2.41. The molecule has 0 aliphatic carbocycles. The van der Waals surface area contributed by atoms with E-state index >= 15 is 0 Å². The molecule has 0 amide bonds. The van der Waals surface area contributed by atoms with Gasteiger partial charge in [0.05, 0.1) is 23.4 Å². The van der Waals surface area contributed by atoms with E-state index in [0.717, 1.165) is 10.4 Å². The molecule has 1 aliphatic rings. The van der Waals surface area contributed by atoms with Crippen molar-refractivity contribution in [3.63, 3.8) is 0 Å². The Hall–Kier alpha value is -2.60. The van der Waals surface area contributed by atoms with Crippen LogP contribution in [0, 0.1) is 6.92 Å². The zero-order valence-corrected chi connectivity index (χ0v) is 21.9. The molecule has 37 heavy (non-hydrogen) atoms. The standard InChI is InChI=1S/C24H21Cl2F3N2O5S/c1-13-16(24(27,28)29)11-14-5-3-7-19(22(14)30-13)36-12-15-17(25)8-9-20(21(15)26)37(33,34)31-10-4-6-18(31)23(32)35-2/h3,5,7-9,11,18H,4,6,10,12H2,1-2H3/t18-/m0/s1. The molecule has 0 bridgehead atoms. The van der Waals surface area contributed by atoms with Crippen molar-refractivity contribution in [2.75, 3.05) is 13.7 Å². The Morgan fingerprint density at radius 2 is 1.95 bits per heavy atom. The maximum absolute atomic E-state index is 13.4. The van der Waals surface area contributed by atoms with Crippen LogP contribution < -0.4 is 4.74 Å². The van der Waals surface area contributed by atoms with E-state index in [0.29, 0.717) is 12.8 Å². The van der Waals surface area contributed by atoms with Gasteiger partial charge in [-0.1, -0.05) is 35.3 Å². The lowest BCUT2D eigenvalue weighted by Gasteiger charge is -2.23. The highest BCUT2D eigenvalue weighted by Gasteiger charge is 2.41. The first kappa shape index (κ1) is 27.4. The first-order valence-electron chi connectivity index (χ1n) is 11.0. The summed E-state index contributed by atoms with van der Waals surface area (Å²) in [5.74, 6) is -0.498. The molecule has 1 aromatic heterocycles. The lowest BCUT2D eigenvalue weighted by atomic mass is 10.1. The van der Waals surface area contributed by atoms with Gasteiger partial charge in [-0.25, -0.2) is 13.4 Å². The average Bonchev–Trinajstić information content (AvgIpc) is 3.33. The van der Waals surface area contributed by atoms with E-state index in [1.165, 1.54) is 44.4 Å². The number of hydrogen-bond donors (Lipinski definition) is 0. The molecule has 3 aromatic rings. The summed E-state index contributed by atoms with van der Waals surface area (Å²) in [7, 11) is -3.00. The van der Waals surface area contributed by atoms with E-state index in [2.05, 4.69) is 4.98 Å². The van der Waals surface area contributed by atoms with Crippen molar-refractivity contribution in [1.82, 2.24) is 9.29 Å². The number of rotatable bonds is 6. The number of pyridine rings is 1. The number of sulfonamides is 1. The van der Waals surface area contributed by atoms with E-state index in [-0.39, 0.29) is 56.0 Å². The fourth-order valence-corrected chi connectivity index (χ4v) is 6.76. The van der Waals surface area contributed by atoms with Crippen LogP contribution in [0.5, 0.6) is 5.75 Å². The van der Waals surface area contributed by atoms with Crippen LogP contribution in [0.1, 0.15) is 29.7 Å². The van der Waals surface area contributed by atoms with Gasteiger partial charge in [0, 0.05) is 22.5 Å². The molecule has 2 aromatic carbocycles. The number of aryl methyl sites for hydroxylation is 1. The number of benzene rings is 2. The SMILES string of the molecule is COC(=O)[C@@H]1CCCN1S(=O)(=O)c1ccc(Cl)c(COc2cccc3cc(C(F)(F)F)c(C)nc23)c1Cl. The molecule has 0 unspecified atom stereocenters. The first-order valence-corrected chi connectivity index (χ1v) is 13.2. The molecule has 13 heteroatoms. The molecule has 1 aliphatic heterocycles. The number of ether oxygens (including phenoxy) is 2. The van der Waals surface area contributed by atoms with Gasteiger partial charge in [0.1, 0.15) is 28.8 Å². The molecular formula is C24H21Cl2F3N2O5S. The van der Waals surface area contributed by atoms with Crippen LogP contribution in [0.15, 0.2) is 41.3 Å². The van der Waals surface area contributed by atoms with Gasteiger partial charge < -0.3 is 9.47 Å². The summed E-state index contributed by atoms with van der Waals surface area (Å²) in [5.41, 5.74) is -0.722. The number of methoxy groups -OCH3 is 1. The van der Waals surface area contributed by atoms with E-state index < -0.39 is 33.8 Å². The Labute approximate surface area is 221 Å². The van der Waals surface area contributed by atoms with E-state index in [4.69, 9.17) is 32.7 Å². The maximum Gasteiger partial charge on any atom is 0.418 e. The minimum Gasteiger partial charge on any atom is -0.487 e. The second kappa shape index (κ2) is 10.3. The van der Waals surface area contributed by atoms with Gasteiger partial charge in [-0.15, -0.1) is 0 Å². The monoisotopic (exact) mass is 576 g/mol. The zero-order chi connectivity index (χ0) is 27.1. The van der Waals surface area contributed by atoms with Crippen molar-refractivity contribution >= 4 is 50.1 Å². The Morgan fingerprint density at radius 1 is 1.22 bits per heavy atom. The van der Waals surface area contributed by atoms with Crippen LogP contribution in [0.25, 0.3) is 10.9 Å². The number of carbonyl (C=O) groups is 1. The van der Waals surface area contributed by atoms with Gasteiger partial charge >= 0.3 is 12.1 Å². The normalized spacial score (nSPS) is 16.8. The predicted octanol–water partition coefficient (Wildman–Crippen LogP) is 5.77. The van der Waals surface area contributed by atoms with Gasteiger partial charge in [0.2, 0.25) is 10.0 Å². The molecule has 2 heterocycles. The van der Waals surface area contributed by atoms with Crippen molar-refractivity contribution in [2.24, 2.45) is 0 Å². The average molecular weight is 577 g/mol. The summed E-state index contributed by atoms with van der Waals surface area (Å²) in [6.45, 7) is 1.08.